The first-order chi connectivity index (χ1) is 18.2. The number of benzene rings is 2. The quantitative estimate of drug-likeness (QED) is 0.157. The highest BCUT2D eigenvalue weighted by molar-refractivity contribution is 8.01. The minimum atomic E-state index is -0.954. The summed E-state index contributed by atoms with van der Waals surface area (Å²) >= 11 is 13.2. The summed E-state index contributed by atoms with van der Waals surface area (Å²) < 4.78 is 0. The molecule has 6 nitrogen and oxygen atoms in total. The molecule has 2 aromatic heterocycles. The number of aromatic nitrogens is 3. The van der Waals surface area contributed by atoms with Gasteiger partial charge in [-0.2, -0.15) is 0 Å². The molecule has 0 fully saturated rings. The highest BCUT2D eigenvalue weighted by atomic mass is 35.5. The van der Waals surface area contributed by atoms with Crippen molar-refractivity contribution in [2.24, 2.45) is 0 Å². The maximum atomic E-state index is 13.5. The van der Waals surface area contributed by atoms with Gasteiger partial charge in [0.25, 0.3) is 5.56 Å². The van der Waals surface area contributed by atoms with E-state index in [0.717, 1.165) is 64.5 Å². The molecule has 0 spiro atoms. The van der Waals surface area contributed by atoms with Crippen molar-refractivity contribution in [1.29, 1.82) is 0 Å². The predicted octanol–water partition coefficient (Wildman–Crippen LogP) is 6.81. The number of carbonyl (C=O) groups excluding carboxylic acids is 2. The van der Waals surface area contributed by atoms with Crippen LogP contribution in [0.15, 0.2) is 58.5 Å². The van der Waals surface area contributed by atoms with Gasteiger partial charge in [0.15, 0.2) is 22.4 Å². The van der Waals surface area contributed by atoms with E-state index in [2.05, 4.69) is 16.0 Å². The molecule has 5 rings (SSSR count). The van der Waals surface area contributed by atoms with Crippen LogP contribution in [0.4, 0.5) is 0 Å². The van der Waals surface area contributed by atoms with Crippen LogP contribution < -0.4 is 5.56 Å². The summed E-state index contributed by atoms with van der Waals surface area (Å²) in [5.74, 6) is -0.614. The number of carbonyl (C=O) groups is 2. The zero-order valence-corrected chi connectivity index (χ0v) is 23.0. The number of nitrogens with zero attached hydrogens (tertiary/aromatic N) is 2. The molecule has 0 saturated heterocycles. The SMILES string of the molecule is CC(=O)C(Sc1nc2nc3c(c(-c4ccc(Cl)cc4)c2c(=O)[nH]1)CCC/C3=C/c1ccc(Cl)cc1)C(C)=O. The fourth-order valence-corrected chi connectivity index (χ4v) is 5.83. The zero-order chi connectivity index (χ0) is 27.0. The molecule has 38 heavy (non-hydrogen) atoms. The van der Waals surface area contributed by atoms with Gasteiger partial charge in [0.2, 0.25) is 0 Å². The minimum Gasteiger partial charge on any atom is -0.301 e. The number of halogens is 2. The lowest BCUT2D eigenvalue weighted by molar-refractivity contribution is -0.123. The summed E-state index contributed by atoms with van der Waals surface area (Å²) in [7, 11) is 0. The number of rotatable bonds is 6. The van der Waals surface area contributed by atoms with Gasteiger partial charge in [-0.05, 0) is 85.7 Å². The number of H-pyrrole nitrogens is 1. The van der Waals surface area contributed by atoms with Gasteiger partial charge in [-0.25, -0.2) is 9.97 Å². The highest BCUT2D eigenvalue weighted by Gasteiger charge is 2.27. The first-order valence-electron chi connectivity index (χ1n) is 12.1. The van der Waals surface area contributed by atoms with Crippen molar-refractivity contribution in [2.45, 2.75) is 43.5 Å². The van der Waals surface area contributed by atoms with Crippen LogP contribution in [0, 0.1) is 0 Å². The molecule has 0 unspecified atom stereocenters. The van der Waals surface area contributed by atoms with Gasteiger partial charge >= 0.3 is 0 Å². The van der Waals surface area contributed by atoms with E-state index in [4.69, 9.17) is 28.2 Å². The van der Waals surface area contributed by atoms with Crippen molar-refractivity contribution in [3.63, 3.8) is 0 Å². The number of ketones is 2. The second-order valence-electron chi connectivity index (χ2n) is 9.18. The third kappa shape index (κ3) is 5.32. The smallest absolute Gasteiger partial charge is 0.261 e. The Morgan fingerprint density at radius 3 is 2.21 bits per heavy atom. The number of allylic oxidation sites excluding steroid dienone is 1. The fraction of sp³-hybridized carbons (Fsp3) is 0.207. The van der Waals surface area contributed by atoms with E-state index in [1.807, 2.05) is 36.4 Å². The monoisotopic (exact) mass is 563 g/mol. The summed E-state index contributed by atoms with van der Waals surface area (Å²) in [6.45, 7) is 2.69. The minimum absolute atomic E-state index is 0.173. The summed E-state index contributed by atoms with van der Waals surface area (Å²) in [6, 6.07) is 14.9. The molecule has 192 valence electrons. The molecule has 0 radical (unpaired) electrons. The van der Waals surface area contributed by atoms with Gasteiger partial charge in [-0.15, -0.1) is 0 Å². The molecule has 1 aliphatic rings. The standard InChI is InChI=1S/C29H23Cl2N3O3S/c1-15(35)26(16(2)36)38-29-33-27-24(28(37)34-29)23(18-8-12-21(31)13-9-18)22-5-3-4-19(25(22)32-27)14-17-6-10-20(30)11-7-17/h6-14,26H,3-5H2,1-2H3,(H,32,33,34,37)/b19-14-. The van der Waals surface area contributed by atoms with E-state index < -0.39 is 5.25 Å². The van der Waals surface area contributed by atoms with Crippen LogP contribution in [0.3, 0.4) is 0 Å². The number of fused-ring (bicyclic) bond motifs is 2. The lowest BCUT2D eigenvalue weighted by atomic mass is 9.84. The lowest BCUT2D eigenvalue weighted by Crippen LogP contribution is -2.23. The highest BCUT2D eigenvalue weighted by Crippen LogP contribution is 2.40. The maximum Gasteiger partial charge on any atom is 0.261 e. The molecular formula is C29H23Cl2N3O3S. The average Bonchev–Trinajstić information content (AvgIpc) is 2.88. The summed E-state index contributed by atoms with van der Waals surface area (Å²) in [5, 5.41) is 0.837. The third-order valence-corrected chi connectivity index (χ3v) is 8.24. The molecule has 2 aromatic carbocycles. The van der Waals surface area contributed by atoms with Crippen molar-refractivity contribution < 1.29 is 9.59 Å². The van der Waals surface area contributed by atoms with Gasteiger partial charge in [-0.1, -0.05) is 59.2 Å². The Morgan fingerprint density at radius 1 is 0.947 bits per heavy atom. The van der Waals surface area contributed by atoms with Crippen molar-refractivity contribution in [1.82, 2.24) is 15.0 Å². The molecule has 1 aliphatic carbocycles. The van der Waals surface area contributed by atoms with Gasteiger partial charge in [0, 0.05) is 15.6 Å². The van der Waals surface area contributed by atoms with Crippen LogP contribution in [-0.2, 0) is 16.0 Å². The van der Waals surface area contributed by atoms with E-state index in [9.17, 15) is 14.4 Å². The molecule has 0 aliphatic heterocycles. The molecule has 1 N–H and O–H groups in total. The largest absolute Gasteiger partial charge is 0.301 e. The molecule has 9 heteroatoms. The second kappa shape index (κ2) is 10.8. The Kier molecular flexibility index (Phi) is 7.52. The van der Waals surface area contributed by atoms with Gasteiger partial charge in [0.1, 0.15) is 5.25 Å². The van der Waals surface area contributed by atoms with Crippen LogP contribution in [-0.4, -0.2) is 31.8 Å². The zero-order valence-electron chi connectivity index (χ0n) is 20.7. The molecule has 0 atom stereocenters. The van der Waals surface area contributed by atoms with Crippen LogP contribution in [0.2, 0.25) is 10.0 Å². The third-order valence-electron chi connectivity index (χ3n) is 6.42. The van der Waals surface area contributed by atoms with Crippen LogP contribution in [0.25, 0.3) is 33.8 Å². The second-order valence-corrected chi connectivity index (χ2v) is 11.2. The molecule has 0 saturated carbocycles. The first kappa shape index (κ1) is 26.4. The van der Waals surface area contributed by atoms with Crippen molar-refractivity contribution in [3.05, 3.63) is 85.8 Å². The number of Topliss-reactive ketones (excluding diaryl/α,β-unsaturated/α-hetero) is 2. The van der Waals surface area contributed by atoms with Gasteiger partial charge in [-0.3, -0.25) is 14.4 Å². The Morgan fingerprint density at radius 2 is 1.58 bits per heavy atom. The molecule has 4 aromatic rings. The Labute approximate surface area is 233 Å². The van der Waals surface area contributed by atoms with Gasteiger partial charge < -0.3 is 4.98 Å². The van der Waals surface area contributed by atoms with Crippen LogP contribution in [0.5, 0.6) is 0 Å². The number of nitrogens with one attached hydrogen (secondary N) is 1. The van der Waals surface area contributed by atoms with E-state index >= 15 is 0 Å². The van der Waals surface area contributed by atoms with E-state index in [0.29, 0.717) is 15.4 Å². The Hall–Kier alpha value is -3.26. The summed E-state index contributed by atoms with van der Waals surface area (Å²) in [5.41, 5.74) is 5.27. The first-order valence-corrected chi connectivity index (χ1v) is 13.7. The van der Waals surface area contributed by atoms with Crippen LogP contribution in [0.1, 0.15) is 43.5 Å². The van der Waals surface area contributed by atoms with Crippen LogP contribution >= 0.6 is 35.0 Å². The van der Waals surface area contributed by atoms with Gasteiger partial charge in [0.05, 0.1) is 11.1 Å². The normalized spacial score (nSPS) is 14.2. The number of hydrogen-bond donors (Lipinski definition) is 1. The number of hydrogen-bond acceptors (Lipinski definition) is 6. The summed E-state index contributed by atoms with van der Waals surface area (Å²) in [4.78, 5) is 49.9. The molecule has 0 amide bonds. The Balaban J connectivity index is 1.76. The number of pyridine rings is 1. The lowest BCUT2D eigenvalue weighted by Gasteiger charge is -2.23. The number of thioether (sulfide) groups is 1. The number of aromatic amines is 1. The van der Waals surface area contributed by atoms with E-state index in [1.54, 1.807) is 12.1 Å². The molecular weight excluding hydrogens is 541 g/mol. The predicted molar refractivity (Wildman–Crippen MR) is 154 cm³/mol. The maximum absolute atomic E-state index is 13.5. The van der Waals surface area contributed by atoms with E-state index in [1.165, 1.54) is 13.8 Å². The van der Waals surface area contributed by atoms with E-state index in [-0.39, 0.29) is 27.9 Å². The molecule has 2 heterocycles. The average molecular weight is 564 g/mol. The van der Waals surface area contributed by atoms with Crippen molar-refractivity contribution in [3.8, 4) is 11.1 Å². The summed E-state index contributed by atoms with van der Waals surface area (Å²) in [6.07, 6.45) is 4.55. The Bertz CT molecular complexity index is 1650. The fourth-order valence-electron chi connectivity index (χ4n) is 4.73. The van der Waals surface area contributed by atoms with Crippen molar-refractivity contribution >= 4 is 69.2 Å². The molecule has 0 bridgehead atoms. The van der Waals surface area contributed by atoms with Crippen molar-refractivity contribution in [2.75, 3.05) is 0 Å². The topological polar surface area (TPSA) is 92.8 Å².